The van der Waals surface area contributed by atoms with Crippen LogP contribution in [-0.2, 0) is 0 Å². The summed E-state index contributed by atoms with van der Waals surface area (Å²) in [5.74, 6) is 4.93. The van der Waals surface area contributed by atoms with E-state index in [1.807, 2.05) is 0 Å². The van der Waals surface area contributed by atoms with Crippen molar-refractivity contribution in [2.45, 2.75) is 97.3 Å². The fourth-order valence-corrected chi connectivity index (χ4v) is 4.63. The molecule has 0 bridgehead atoms. The molecule has 1 saturated carbocycles. The third kappa shape index (κ3) is 10.1. The molecule has 2 atom stereocenters. The van der Waals surface area contributed by atoms with Gasteiger partial charge in [0.2, 0.25) is 0 Å². The Morgan fingerprint density at radius 3 is 1.95 bits per heavy atom. The van der Waals surface area contributed by atoms with Gasteiger partial charge in [0, 0.05) is 0 Å². The van der Waals surface area contributed by atoms with Crippen LogP contribution in [0.3, 0.4) is 0 Å². The molecular formula is C19H38S. The second-order valence-corrected chi connectivity index (χ2v) is 8.19. The molecule has 1 rings (SSSR count). The minimum absolute atomic E-state index is 1.01. The van der Waals surface area contributed by atoms with Crippen LogP contribution in [0.5, 0.6) is 0 Å². The van der Waals surface area contributed by atoms with Crippen LogP contribution in [0.4, 0.5) is 0 Å². The van der Waals surface area contributed by atoms with Crippen LogP contribution in [0.15, 0.2) is 0 Å². The Labute approximate surface area is 132 Å². The van der Waals surface area contributed by atoms with Gasteiger partial charge in [0.25, 0.3) is 0 Å². The third-order valence-electron chi connectivity index (χ3n) is 4.80. The van der Waals surface area contributed by atoms with Gasteiger partial charge in [-0.15, -0.1) is 0 Å². The van der Waals surface area contributed by atoms with Crippen molar-refractivity contribution in [1.29, 1.82) is 0 Å². The van der Waals surface area contributed by atoms with Gasteiger partial charge in [-0.3, -0.25) is 0 Å². The SMILES string of the molecule is CCCCCCCCCCCCSC[C@@H]1CCC(C)C1. The van der Waals surface area contributed by atoms with Crippen molar-refractivity contribution < 1.29 is 0 Å². The molecule has 1 heteroatoms. The van der Waals surface area contributed by atoms with Crippen molar-refractivity contribution in [3.63, 3.8) is 0 Å². The summed E-state index contributed by atoms with van der Waals surface area (Å²) in [7, 11) is 0. The summed E-state index contributed by atoms with van der Waals surface area (Å²) in [6.07, 6.45) is 19.1. The van der Waals surface area contributed by atoms with Gasteiger partial charge in [0.05, 0.1) is 0 Å². The Kier molecular flexibility index (Phi) is 12.0. The summed E-state index contributed by atoms with van der Waals surface area (Å²) in [5, 5.41) is 0. The molecule has 120 valence electrons. The fourth-order valence-electron chi connectivity index (χ4n) is 3.42. The van der Waals surface area contributed by atoms with E-state index >= 15 is 0 Å². The monoisotopic (exact) mass is 298 g/mol. The second kappa shape index (κ2) is 13.0. The number of hydrogen-bond donors (Lipinski definition) is 0. The highest BCUT2D eigenvalue weighted by Gasteiger charge is 2.20. The van der Waals surface area contributed by atoms with Crippen LogP contribution < -0.4 is 0 Å². The molecule has 1 unspecified atom stereocenters. The average Bonchev–Trinajstić information content (AvgIpc) is 2.86. The molecule has 1 aliphatic rings. The van der Waals surface area contributed by atoms with Crippen LogP contribution in [0.2, 0.25) is 0 Å². The number of unbranched alkanes of at least 4 members (excludes halogenated alkanes) is 9. The summed E-state index contributed by atoms with van der Waals surface area (Å²) in [5.41, 5.74) is 0. The number of hydrogen-bond acceptors (Lipinski definition) is 1. The molecule has 0 amide bonds. The Bertz CT molecular complexity index is 202. The molecule has 1 aliphatic carbocycles. The van der Waals surface area contributed by atoms with E-state index in [-0.39, 0.29) is 0 Å². The van der Waals surface area contributed by atoms with E-state index in [0.717, 1.165) is 11.8 Å². The molecule has 20 heavy (non-hydrogen) atoms. The lowest BCUT2D eigenvalue weighted by Crippen LogP contribution is -1.98. The molecule has 0 N–H and O–H groups in total. The highest BCUT2D eigenvalue weighted by atomic mass is 32.2. The Morgan fingerprint density at radius 1 is 0.800 bits per heavy atom. The lowest BCUT2D eigenvalue weighted by Gasteiger charge is -2.08. The molecule has 0 heterocycles. The normalized spacial score (nSPS) is 22.5. The summed E-state index contributed by atoms with van der Waals surface area (Å²) in [6.45, 7) is 4.72. The van der Waals surface area contributed by atoms with E-state index in [1.54, 1.807) is 0 Å². The zero-order valence-electron chi connectivity index (χ0n) is 14.2. The zero-order valence-corrected chi connectivity index (χ0v) is 15.0. The average molecular weight is 299 g/mol. The van der Waals surface area contributed by atoms with E-state index in [2.05, 4.69) is 25.6 Å². The third-order valence-corrected chi connectivity index (χ3v) is 6.08. The van der Waals surface area contributed by atoms with Crippen LogP contribution in [0.1, 0.15) is 97.3 Å². The van der Waals surface area contributed by atoms with Crippen LogP contribution in [0.25, 0.3) is 0 Å². The number of rotatable bonds is 13. The molecule has 0 aromatic rings. The second-order valence-electron chi connectivity index (χ2n) is 7.04. The summed E-state index contributed by atoms with van der Waals surface area (Å²) < 4.78 is 0. The maximum atomic E-state index is 2.42. The highest BCUT2D eigenvalue weighted by molar-refractivity contribution is 7.99. The van der Waals surface area contributed by atoms with Gasteiger partial charge in [0.15, 0.2) is 0 Å². The summed E-state index contributed by atoms with van der Waals surface area (Å²) in [6, 6.07) is 0. The molecule has 0 spiro atoms. The first kappa shape index (κ1) is 18.4. The predicted molar refractivity (Wildman–Crippen MR) is 95.7 cm³/mol. The van der Waals surface area contributed by atoms with Crippen molar-refractivity contribution in [2.75, 3.05) is 11.5 Å². The van der Waals surface area contributed by atoms with Crippen molar-refractivity contribution in [2.24, 2.45) is 11.8 Å². The minimum atomic E-state index is 1.01. The van der Waals surface area contributed by atoms with E-state index in [0.29, 0.717) is 0 Å². The Hall–Kier alpha value is 0.350. The smallest absolute Gasteiger partial charge is 0.00390 e. The molecule has 0 saturated heterocycles. The van der Waals surface area contributed by atoms with Crippen molar-refractivity contribution in [3.8, 4) is 0 Å². The molecule has 1 fully saturated rings. The fraction of sp³-hybridized carbons (Fsp3) is 1.00. The van der Waals surface area contributed by atoms with Gasteiger partial charge in [-0.25, -0.2) is 0 Å². The largest absolute Gasteiger partial charge is 0.162 e. The standard InChI is InChI=1S/C19H38S/c1-3-4-5-6-7-8-9-10-11-12-15-20-17-19-14-13-18(2)16-19/h18-19H,3-17H2,1-2H3/t18?,19-/m1/s1. The Balaban J connectivity index is 1.70. The number of thioether (sulfide) groups is 1. The van der Waals surface area contributed by atoms with Crippen LogP contribution in [0, 0.1) is 11.8 Å². The lowest BCUT2D eigenvalue weighted by molar-refractivity contribution is 0.559. The summed E-state index contributed by atoms with van der Waals surface area (Å²) in [4.78, 5) is 0. The quantitative estimate of drug-likeness (QED) is 0.327. The minimum Gasteiger partial charge on any atom is -0.162 e. The van der Waals surface area contributed by atoms with Crippen LogP contribution in [-0.4, -0.2) is 11.5 Å². The zero-order chi connectivity index (χ0) is 14.5. The maximum absolute atomic E-state index is 2.42. The lowest BCUT2D eigenvalue weighted by atomic mass is 10.1. The van der Waals surface area contributed by atoms with Gasteiger partial charge in [-0.2, -0.15) is 11.8 Å². The molecule has 0 aliphatic heterocycles. The first-order valence-corrected chi connectivity index (χ1v) is 10.6. The molecule has 0 nitrogen and oxygen atoms in total. The van der Waals surface area contributed by atoms with Gasteiger partial charge < -0.3 is 0 Å². The summed E-state index contributed by atoms with van der Waals surface area (Å²) >= 11 is 2.23. The first-order chi connectivity index (χ1) is 9.83. The Morgan fingerprint density at radius 2 is 1.40 bits per heavy atom. The van der Waals surface area contributed by atoms with Gasteiger partial charge in [-0.05, 0) is 42.6 Å². The topological polar surface area (TPSA) is 0 Å². The van der Waals surface area contributed by atoms with Crippen molar-refractivity contribution in [1.82, 2.24) is 0 Å². The van der Waals surface area contributed by atoms with Crippen molar-refractivity contribution in [3.05, 3.63) is 0 Å². The van der Waals surface area contributed by atoms with Gasteiger partial charge >= 0.3 is 0 Å². The first-order valence-electron chi connectivity index (χ1n) is 9.40. The van der Waals surface area contributed by atoms with E-state index in [1.165, 1.54) is 95.0 Å². The van der Waals surface area contributed by atoms with E-state index in [9.17, 15) is 0 Å². The molecule has 0 radical (unpaired) electrons. The molecule has 0 aromatic carbocycles. The van der Waals surface area contributed by atoms with Crippen LogP contribution >= 0.6 is 11.8 Å². The van der Waals surface area contributed by atoms with Gasteiger partial charge in [0.1, 0.15) is 0 Å². The maximum Gasteiger partial charge on any atom is -0.00390 e. The molecular weight excluding hydrogens is 260 g/mol. The van der Waals surface area contributed by atoms with Gasteiger partial charge in [-0.1, -0.05) is 78.1 Å². The van der Waals surface area contributed by atoms with Crippen molar-refractivity contribution >= 4 is 11.8 Å². The highest BCUT2D eigenvalue weighted by Crippen LogP contribution is 2.32. The van der Waals surface area contributed by atoms with E-state index < -0.39 is 0 Å². The van der Waals surface area contributed by atoms with E-state index in [4.69, 9.17) is 0 Å². The molecule has 0 aromatic heterocycles. The predicted octanol–water partition coefficient (Wildman–Crippen LogP) is 7.08.